The summed E-state index contributed by atoms with van der Waals surface area (Å²) in [5.41, 5.74) is 14.0. The topological polar surface area (TPSA) is 38.7 Å². The molecule has 0 aliphatic heterocycles. The van der Waals surface area contributed by atoms with Crippen molar-refractivity contribution in [1.82, 2.24) is 15.0 Å². The number of benzene rings is 7. The average Bonchev–Trinajstić information content (AvgIpc) is 3.65. The summed E-state index contributed by atoms with van der Waals surface area (Å²) in [5.74, 6) is 1.81. The summed E-state index contributed by atoms with van der Waals surface area (Å²) < 4.78 is 0. The Morgan fingerprint density at radius 2 is 0.780 bits per heavy atom. The van der Waals surface area contributed by atoms with Crippen LogP contribution in [0.2, 0.25) is 5.02 Å². The van der Waals surface area contributed by atoms with Gasteiger partial charge in [0.25, 0.3) is 0 Å². The SMILES string of the molecule is Clc1cc(-c2nc(-c3ccccc3)nc(-c3ccccc3-c3ccccc3)n2)c2c(c1)C1(c3ccccc3-c3ccccc31)c1ccccc1-2. The van der Waals surface area contributed by atoms with Gasteiger partial charge in [-0.3, -0.25) is 0 Å². The van der Waals surface area contributed by atoms with Gasteiger partial charge in [0.15, 0.2) is 17.5 Å². The molecule has 0 saturated heterocycles. The van der Waals surface area contributed by atoms with Gasteiger partial charge >= 0.3 is 0 Å². The van der Waals surface area contributed by atoms with Crippen LogP contribution in [0.25, 0.3) is 67.5 Å². The van der Waals surface area contributed by atoms with Crippen LogP contribution < -0.4 is 0 Å². The van der Waals surface area contributed by atoms with E-state index in [1.165, 1.54) is 27.8 Å². The minimum Gasteiger partial charge on any atom is -0.208 e. The van der Waals surface area contributed by atoms with E-state index in [1.54, 1.807) is 0 Å². The third kappa shape index (κ3) is 4.14. The Morgan fingerprint density at radius 1 is 0.340 bits per heavy atom. The molecule has 0 bridgehead atoms. The lowest BCUT2D eigenvalue weighted by atomic mass is 9.70. The van der Waals surface area contributed by atoms with Crippen LogP contribution in [0.4, 0.5) is 0 Å². The van der Waals surface area contributed by atoms with Gasteiger partial charge in [-0.1, -0.05) is 169 Å². The number of hydrogen-bond donors (Lipinski definition) is 0. The molecule has 0 unspecified atom stereocenters. The fourth-order valence-corrected chi connectivity index (χ4v) is 8.46. The van der Waals surface area contributed by atoms with Gasteiger partial charge in [0.05, 0.1) is 5.41 Å². The Kier molecular flexibility index (Phi) is 6.45. The maximum Gasteiger partial charge on any atom is 0.164 e. The Hall–Kier alpha value is -6.16. The van der Waals surface area contributed by atoms with Crippen molar-refractivity contribution in [2.45, 2.75) is 5.41 Å². The predicted octanol–water partition coefficient (Wildman–Crippen LogP) is 11.5. The summed E-state index contributed by atoms with van der Waals surface area (Å²) in [4.78, 5) is 15.6. The Bertz CT molecular complexity index is 2570. The summed E-state index contributed by atoms with van der Waals surface area (Å²) in [6.45, 7) is 0. The molecule has 2 aliphatic rings. The monoisotopic (exact) mass is 657 g/mol. The summed E-state index contributed by atoms with van der Waals surface area (Å²) in [7, 11) is 0. The van der Waals surface area contributed by atoms with Crippen molar-refractivity contribution in [2.24, 2.45) is 0 Å². The van der Waals surface area contributed by atoms with Crippen molar-refractivity contribution in [3.8, 4) is 67.5 Å². The molecule has 1 aromatic heterocycles. The van der Waals surface area contributed by atoms with Gasteiger partial charge < -0.3 is 0 Å². The molecule has 0 atom stereocenters. The van der Waals surface area contributed by atoms with Crippen LogP contribution in [-0.4, -0.2) is 15.0 Å². The van der Waals surface area contributed by atoms with Gasteiger partial charge in [-0.2, -0.15) is 0 Å². The molecule has 0 radical (unpaired) electrons. The molecule has 2 aliphatic carbocycles. The summed E-state index contributed by atoms with van der Waals surface area (Å²) in [5, 5.41) is 0.640. The van der Waals surface area contributed by atoms with Crippen LogP contribution in [0, 0.1) is 0 Å². The lowest BCUT2D eigenvalue weighted by molar-refractivity contribution is 0.794. The molecular weight excluding hydrogens is 630 g/mol. The van der Waals surface area contributed by atoms with Crippen molar-refractivity contribution in [3.63, 3.8) is 0 Å². The minimum absolute atomic E-state index is 0.531. The highest BCUT2D eigenvalue weighted by Gasteiger charge is 2.52. The quantitative estimate of drug-likeness (QED) is 0.189. The third-order valence-electron chi connectivity index (χ3n) is 10.2. The van der Waals surface area contributed by atoms with E-state index in [9.17, 15) is 0 Å². The highest BCUT2D eigenvalue weighted by Crippen LogP contribution is 2.64. The van der Waals surface area contributed by atoms with E-state index in [0.29, 0.717) is 22.5 Å². The normalized spacial score (nSPS) is 13.1. The maximum absolute atomic E-state index is 7.18. The van der Waals surface area contributed by atoms with E-state index >= 15 is 0 Å². The predicted molar refractivity (Wildman–Crippen MR) is 203 cm³/mol. The summed E-state index contributed by atoms with van der Waals surface area (Å²) >= 11 is 7.18. The van der Waals surface area contributed by atoms with Gasteiger partial charge in [-0.25, -0.2) is 15.0 Å². The Balaban J connectivity index is 1.29. The molecule has 7 aromatic carbocycles. The van der Waals surface area contributed by atoms with E-state index in [1.807, 2.05) is 48.5 Å². The van der Waals surface area contributed by atoms with Crippen molar-refractivity contribution in [3.05, 3.63) is 197 Å². The summed E-state index contributed by atoms with van der Waals surface area (Å²) in [6, 6.07) is 59.4. The first-order chi connectivity index (χ1) is 24.7. The number of hydrogen-bond acceptors (Lipinski definition) is 3. The van der Waals surface area contributed by atoms with Gasteiger partial charge in [-0.15, -0.1) is 0 Å². The van der Waals surface area contributed by atoms with Crippen molar-refractivity contribution >= 4 is 11.6 Å². The van der Waals surface area contributed by atoms with Crippen molar-refractivity contribution in [2.75, 3.05) is 0 Å². The molecule has 234 valence electrons. The fraction of sp³-hybridized carbons (Fsp3) is 0.0217. The van der Waals surface area contributed by atoms with Crippen LogP contribution in [0.1, 0.15) is 22.3 Å². The average molecular weight is 658 g/mol. The van der Waals surface area contributed by atoms with Crippen molar-refractivity contribution < 1.29 is 0 Å². The molecule has 3 nitrogen and oxygen atoms in total. The number of halogens is 1. The smallest absolute Gasteiger partial charge is 0.164 e. The maximum atomic E-state index is 7.18. The van der Waals surface area contributed by atoms with Crippen molar-refractivity contribution in [1.29, 1.82) is 0 Å². The number of rotatable bonds is 4. The number of aromatic nitrogens is 3. The van der Waals surface area contributed by atoms with Crippen LogP contribution in [0.3, 0.4) is 0 Å². The highest BCUT2D eigenvalue weighted by molar-refractivity contribution is 6.31. The van der Waals surface area contributed by atoms with Gasteiger partial charge in [0.2, 0.25) is 0 Å². The first-order valence-corrected chi connectivity index (χ1v) is 17.2. The van der Waals surface area contributed by atoms with Gasteiger partial charge in [-0.05, 0) is 67.8 Å². The molecule has 10 rings (SSSR count). The second kappa shape index (κ2) is 11.2. The van der Waals surface area contributed by atoms with E-state index in [4.69, 9.17) is 26.6 Å². The molecule has 1 heterocycles. The zero-order chi connectivity index (χ0) is 33.2. The fourth-order valence-electron chi connectivity index (χ4n) is 8.24. The molecule has 4 heteroatoms. The molecule has 50 heavy (non-hydrogen) atoms. The molecule has 0 amide bonds. The lowest BCUT2D eigenvalue weighted by Crippen LogP contribution is -2.25. The highest BCUT2D eigenvalue weighted by atomic mass is 35.5. The van der Waals surface area contributed by atoms with Crippen LogP contribution in [0.15, 0.2) is 170 Å². The Labute approximate surface area is 295 Å². The zero-order valence-corrected chi connectivity index (χ0v) is 27.6. The second-order valence-electron chi connectivity index (χ2n) is 12.8. The summed E-state index contributed by atoms with van der Waals surface area (Å²) in [6.07, 6.45) is 0. The first-order valence-electron chi connectivity index (χ1n) is 16.8. The first kappa shape index (κ1) is 28.8. The third-order valence-corrected chi connectivity index (χ3v) is 10.4. The lowest BCUT2D eigenvalue weighted by Gasteiger charge is -2.30. The molecule has 1 spiro atoms. The van der Waals surface area contributed by atoms with E-state index in [-0.39, 0.29) is 0 Å². The van der Waals surface area contributed by atoms with E-state index in [0.717, 1.165) is 44.5 Å². The van der Waals surface area contributed by atoms with Gasteiger partial charge in [0.1, 0.15) is 0 Å². The van der Waals surface area contributed by atoms with E-state index in [2.05, 4.69) is 121 Å². The number of nitrogens with zero attached hydrogens (tertiary/aromatic N) is 3. The van der Waals surface area contributed by atoms with Crippen LogP contribution >= 0.6 is 11.6 Å². The second-order valence-corrected chi connectivity index (χ2v) is 13.3. The standard InChI is InChI=1S/C46H28ClN3/c47-31-27-37(42-36-23-11-14-26-40(36)46(41(42)28-31)38-24-12-9-20-33(38)34-21-10-13-25-39(34)46)45-49-43(30-17-5-2-6-18-30)48-44(50-45)35-22-8-7-19-32(35)29-15-3-1-4-16-29/h1-28H. The van der Waals surface area contributed by atoms with Crippen LogP contribution in [0.5, 0.6) is 0 Å². The van der Waals surface area contributed by atoms with E-state index < -0.39 is 5.41 Å². The zero-order valence-electron chi connectivity index (χ0n) is 26.9. The molecular formula is C46H28ClN3. The minimum atomic E-state index is -0.531. The van der Waals surface area contributed by atoms with Gasteiger partial charge in [0, 0.05) is 21.7 Å². The molecule has 0 N–H and O–H groups in total. The Morgan fingerprint density at radius 3 is 1.40 bits per heavy atom. The molecule has 0 fully saturated rings. The molecule has 0 saturated carbocycles. The largest absolute Gasteiger partial charge is 0.208 e. The number of fused-ring (bicyclic) bond motifs is 10. The van der Waals surface area contributed by atoms with Crippen LogP contribution in [-0.2, 0) is 5.41 Å². The molecule has 8 aromatic rings.